The molecule has 0 saturated carbocycles. The molecule has 0 radical (unpaired) electrons. The Morgan fingerprint density at radius 1 is 0.971 bits per heavy atom. The maximum absolute atomic E-state index is 13.0. The lowest BCUT2D eigenvalue weighted by molar-refractivity contribution is 0.215. The Hall–Kier alpha value is -3.41. The van der Waals surface area contributed by atoms with E-state index in [4.69, 9.17) is 9.97 Å². The van der Waals surface area contributed by atoms with Crippen LogP contribution in [0.1, 0.15) is 61.3 Å². The van der Waals surface area contributed by atoms with Crippen LogP contribution in [0.15, 0.2) is 54.6 Å². The molecule has 1 aliphatic heterocycles. The molecule has 4 rings (SSSR count). The molecule has 35 heavy (non-hydrogen) atoms. The third kappa shape index (κ3) is 6.18. The molecule has 2 amide bonds. The second-order valence-corrected chi connectivity index (χ2v) is 9.57. The zero-order valence-corrected chi connectivity index (χ0v) is 21.4. The summed E-state index contributed by atoms with van der Waals surface area (Å²) in [5.74, 6) is 2.30. The third-order valence-electron chi connectivity index (χ3n) is 6.65. The first kappa shape index (κ1) is 24.7. The first-order valence-corrected chi connectivity index (χ1v) is 12.8. The number of urea groups is 1. The van der Waals surface area contributed by atoms with Gasteiger partial charge in [-0.1, -0.05) is 63.2 Å². The molecule has 1 saturated heterocycles. The summed E-state index contributed by atoms with van der Waals surface area (Å²) in [4.78, 5) is 26.9. The minimum Gasteiger partial charge on any atom is -0.354 e. The number of aromatic nitrogens is 2. The van der Waals surface area contributed by atoms with Crippen molar-refractivity contribution in [2.45, 2.75) is 52.9 Å². The Labute approximate surface area is 209 Å². The Balaban J connectivity index is 1.48. The van der Waals surface area contributed by atoms with Crippen molar-refractivity contribution in [2.75, 3.05) is 36.4 Å². The van der Waals surface area contributed by atoms with Gasteiger partial charge in [-0.25, -0.2) is 14.8 Å². The molecule has 6 nitrogen and oxygen atoms in total. The standard InChI is InChI=1S/C29H37N5O/c1-5-27-26(20-23-10-7-6-8-11-23)28(31-22(4)30-27)33-16-9-17-34(19-18-33)29(35)32-25-14-12-24(13-15-25)21(2)3/h6-8,10-15,21H,5,9,16-20H2,1-4H3,(H,32,35). The van der Waals surface area contributed by atoms with E-state index >= 15 is 0 Å². The number of amides is 2. The molecule has 1 N–H and O–H groups in total. The Kier molecular flexibility index (Phi) is 8.01. The summed E-state index contributed by atoms with van der Waals surface area (Å²) >= 11 is 0. The molecular weight excluding hydrogens is 434 g/mol. The molecule has 6 heteroatoms. The number of carbonyl (C=O) groups excluding carboxylic acids is 1. The van der Waals surface area contributed by atoms with Crippen molar-refractivity contribution in [1.29, 1.82) is 0 Å². The van der Waals surface area contributed by atoms with Gasteiger partial charge in [-0.05, 0) is 48.9 Å². The van der Waals surface area contributed by atoms with Crippen LogP contribution in [0.5, 0.6) is 0 Å². The zero-order valence-electron chi connectivity index (χ0n) is 21.4. The summed E-state index contributed by atoms with van der Waals surface area (Å²) in [7, 11) is 0. The van der Waals surface area contributed by atoms with E-state index in [-0.39, 0.29) is 6.03 Å². The van der Waals surface area contributed by atoms with Crippen LogP contribution < -0.4 is 10.2 Å². The summed E-state index contributed by atoms with van der Waals surface area (Å²) in [6, 6.07) is 18.6. The first-order chi connectivity index (χ1) is 16.9. The van der Waals surface area contributed by atoms with E-state index in [0.717, 1.165) is 61.9 Å². The van der Waals surface area contributed by atoms with Crippen molar-refractivity contribution < 1.29 is 4.79 Å². The predicted molar refractivity (Wildman–Crippen MR) is 143 cm³/mol. The zero-order chi connectivity index (χ0) is 24.8. The monoisotopic (exact) mass is 471 g/mol. The highest BCUT2D eigenvalue weighted by molar-refractivity contribution is 5.89. The number of anilines is 2. The summed E-state index contributed by atoms with van der Waals surface area (Å²) < 4.78 is 0. The van der Waals surface area contributed by atoms with E-state index < -0.39 is 0 Å². The van der Waals surface area contributed by atoms with Gasteiger partial charge in [0.15, 0.2) is 0 Å². The van der Waals surface area contributed by atoms with Gasteiger partial charge in [0.05, 0.1) is 0 Å². The molecule has 0 spiro atoms. The number of benzene rings is 2. The van der Waals surface area contributed by atoms with E-state index in [1.807, 2.05) is 30.0 Å². The van der Waals surface area contributed by atoms with Crippen LogP contribution >= 0.6 is 0 Å². The maximum Gasteiger partial charge on any atom is 0.321 e. The fourth-order valence-corrected chi connectivity index (χ4v) is 4.66. The summed E-state index contributed by atoms with van der Waals surface area (Å²) in [6.45, 7) is 11.5. The van der Waals surface area contributed by atoms with Gasteiger partial charge >= 0.3 is 6.03 Å². The fraction of sp³-hybridized carbons (Fsp3) is 0.414. The topological polar surface area (TPSA) is 61.4 Å². The van der Waals surface area contributed by atoms with Crippen LogP contribution in [-0.4, -0.2) is 47.1 Å². The molecule has 0 bridgehead atoms. The van der Waals surface area contributed by atoms with E-state index in [2.05, 4.69) is 67.4 Å². The lowest BCUT2D eigenvalue weighted by atomic mass is 10.0. The number of nitrogens with zero attached hydrogens (tertiary/aromatic N) is 4. The van der Waals surface area contributed by atoms with E-state index in [9.17, 15) is 4.79 Å². The number of hydrogen-bond acceptors (Lipinski definition) is 4. The second kappa shape index (κ2) is 11.3. The molecular formula is C29H37N5O. The van der Waals surface area contributed by atoms with Gasteiger partial charge in [0.25, 0.3) is 0 Å². The lowest BCUT2D eigenvalue weighted by Crippen LogP contribution is -2.38. The number of rotatable bonds is 6. The van der Waals surface area contributed by atoms with Gasteiger partial charge in [0.2, 0.25) is 0 Å². The largest absolute Gasteiger partial charge is 0.354 e. The molecule has 0 aliphatic carbocycles. The highest BCUT2D eigenvalue weighted by Crippen LogP contribution is 2.26. The van der Waals surface area contributed by atoms with Gasteiger partial charge in [-0.3, -0.25) is 0 Å². The van der Waals surface area contributed by atoms with Gasteiger partial charge in [0, 0.05) is 49.5 Å². The summed E-state index contributed by atoms with van der Waals surface area (Å²) in [6.07, 6.45) is 2.58. The van der Waals surface area contributed by atoms with Crippen molar-refractivity contribution in [3.63, 3.8) is 0 Å². The van der Waals surface area contributed by atoms with Crippen LogP contribution in [0.4, 0.5) is 16.3 Å². The maximum atomic E-state index is 13.0. The van der Waals surface area contributed by atoms with E-state index in [0.29, 0.717) is 12.5 Å². The van der Waals surface area contributed by atoms with Crippen LogP contribution in [0, 0.1) is 6.92 Å². The summed E-state index contributed by atoms with van der Waals surface area (Å²) in [5, 5.41) is 3.07. The number of hydrogen-bond donors (Lipinski definition) is 1. The van der Waals surface area contributed by atoms with Gasteiger partial charge in [0.1, 0.15) is 11.6 Å². The summed E-state index contributed by atoms with van der Waals surface area (Å²) in [5.41, 5.74) is 5.68. The van der Waals surface area contributed by atoms with Crippen LogP contribution in [0.3, 0.4) is 0 Å². The van der Waals surface area contributed by atoms with Gasteiger partial charge in [-0.15, -0.1) is 0 Å². The third-order valence-corrected chi connectivity index (χ3v) is 6.65. The number of carbonyl (C=O) groups is 1. The normalized spacial score (nSPS) is 14.2. The van der Waals surface area contributed by atoms with Gasteiger partial charge in [-0.2, -0.15) is 0 Å². The van der Waals surface area contributed by atoms with Crippen molar-refractivity contribution >= 4 is 17.5 Å². The van der Waals surface area contributed by atoms with E-state index in [1.54, 1.807) is 0 Å². The molecule has 2 heterocycles. The minimum absolute atomic E-state index is 0.0400. The minimum atomic E-state index is -0.0400. The highest BCUT2D eigenvalue weighted by Gasteiger charge is 2.23. The smallest absolute Gasteiger partial charge is 0.321 e. The van der Waals surface area contributed by atoms with Crippen molar-refractivity contribution in [3.8, 4) is 0 Å². The highest BCUT2D eigenvalue weighted by atomic mass is 16.2. The molecule has 1 aliphatic rings. The molecule has 0 unspecified atom stereocenters. The second-order valence-electron chi connectivity index (χ2n) is 9.57. The molecule has 2 aromatic carbocycles. The Morgan fingerprint density at radius 2 is 1.71 bits per heavy atom. The number of aryl methyl sites for hydroxylation is 2. The SMILES string of the molecule is CCc1nc(C)nc(N2CCCN(C(=O)Nc3ccc(C(C)C)cc3)CC2)c1Cc1ccccc1. The number of nitrogens with one attached hydrogen (secondary N) is 1. The average Bonchev–Trinajstić information content (AvgIpc) is 3.12. The average molecular weight is 472 g/mol. The molecule has 184 valence electrons. The molecule has 1 aromatic heterocycles. The first-order valence-electron chi connectivity index (χ1n) is 12.8. The van der Waals surface area contributed by atoms with Crippen molar-refractivity contribution in [1.82, 2.24) is 14.9 Å². The molecule has 1 fully saturated rings. The van der Waals surface area contributed by atoms with Crippen molar-refractivity contribution in [2.24, 2.45) is 0 Å². The van der Waals surface area contributed by atoms with Crippen LogP contribution in [0.2, 0.25) is 0 Å². The Bertz CT molecular complexity index is 1130. The fourth-order valence-electron chi connectivity index (χ4n) is 4.66. The molecule has 0 atom stereocenters. The Morgan fingerprint density at radius 3 is 2.40 bits per heavy atom. The van der Waals surface area contributed by atoms with E-state index in [1.165, 1.54) is 16.7 Å². The van der Waals surface area contributed by atoms with Crippen molar-refractivity contribution in [3.05, 3.63) is 82.8 Å². The van der Waals surface area contributed by atoms with Gasteiger partial charge < -0.3 is 15.1 Å². The predicted octanol–water partition coefficient (Wildman–Crippen LogP) is 5.81. The molecule has 3 aromatic rings. The van der Waals surface area contributed by atoms with Crippen LogP contribution in [-0.2, 0) is 12.8 Å². The van der Waals surface area contributed by atoms with Crippen LogP contribution in [0.25, 0.3) is 0 Å². The quantitative estimate of drug-likeness (QED) is 0.493. The lowest BCUT2D eigenvalue weighted by Gasteiger charge is -2.26.